The van der Waals surface area contributed by atoms with Gasteiger partial charge in [-0.05, 0) is 56.2 Å². The van der Waals surface area contributed by atoms with Gasteiger partial charge in [-0.15, -0.1) is 0 Å². The molecule has 1 aliphatic rings. The van der Waals surface area contributed by atoms with Gasteiger partial charge in [0.05, 0.1) is 25.3 Å². The van der Waals surface area contributed by atoms with Crippen molar-refractivity contribution >= 4 is 5.91 Å². The molecule has 1 N–H and O–H groups in total. The minimum absolute atomic E-state index is 0.0676. The number of aryl methyl sites for hydroxylation is 1. The fraction of sp³-hybridized carbons (Fsp3) is 0.545. The number of rotatable bonds is 8. The number of aromatic nitrogens is 2. The second-order valence-corrected chi connectivity index (χ2v) is 8.06. The molecular weight excluding hydrogens is 338 g/mol. The number of ether oxygens (including phenoxy) is 1. The topological polar surface area (TPSA) is 56.1 Å². The molecular formula is C22H31N3O2. The van der Waals surface area contributed by atoms with Gasteiger partial charge in [-0.3, -0.25) is 9.48 Å². The number of carbonyl (C=O) groups excluding carboxylic acids is 1. The van der Waals surface area contributed by atoms with E-state index in [-0.39, 0.29) is 11.9 Å². The van der Waals surface area contributed by atoms with Crippen LogP contribution < -0.4 is 10.1 Å². The first-order valence-corrected chi connectivity index (χ1v) is 9.85. The number of hydrogen-bond acceptors (Lipinski definition) is 3. The lowest BCUT2D eigenvalue weighted by molar-refractivity contribution is -0.121. The fourth-order valence-corrected chi connectivity index (χ4v) is 3.61. The summed E-state index contributed by atoms with van der Waals surface area (Å²) in [5.41, 5.74) is 4.26. The van der Waals surface area contributed by atoms with Crippen LogP contribution in [-0.2, 0) is 17.8 Å². The molecule has 0 aliphatic heterocycles. The van der Waals surface area contributed by atoms with Crippen LogP contribution in [0.25, 0.3) is 0 Å². The van der Waals surface area contributed by atoms with Gasteiger partial charge in [0.15, 0.2) is 0 Å². The second-order valence-electron chi connectivity index (χ2n) is 8.06. The number of amides is 1. The normalized spacial score (nSPS) is 15.0. The average Bonchev–Trinajstić information content (AvgIpc) is 3.44. The number of benzene rings is 1. The van der Waals surface area contributed by atoms with Gasteiger partial charge >= 0.3 is 0 Å². The molecule has 5 nitrogen and oxygen atoms in total. The van der Waals surface area contributed by atoms with E-state index in [9.17, 15) is 4.79 Å². The van der Waals surface area contributed by atoms with Gasteiger partial charge in [0.2, 0.25) is 5.91 Å². The minimum Gasteiger partial charge on any atom is -0.497 e. The molecule has 0 saturated heterocycles. The first-order valence-electron chi connectivity index (χ1n) is 9.85. The Kier molecular flexibility index (Phi) is 5.88. The maximum atomic E-state index is 12.8. The highest BCUT2D eigenvalue weighted by Crippen LogP contribution is 2.41. The van der Waals surface area contributed by atoms with E-state index < -0.39 is 0 Å². The van der Waals surface area contributed by atoms with E-state index in [4.69, 9.17) is 4.74 Å². The molecule has 1 aromatic carbocycles. The van der Waals surface area contributed by atoms with Gasteiger partial charge in [0, 0.05) is 17.8 Å². The Morgan fingerprint density at radius 3 is 2.48 bits per heavy atom. The molecule has 0 unspecified atom stereocenters. The van der Waals surface area contributed by atoms with Crippen molar-refractivity contribution in [2.45, 2.75) is 59.5 Å². The lowest BCUT2D eigenvalue weighted by atomic mass is 10.0. The van der Waals surface area contributed by atoms with Crippen molar-refractivity contribution in [3.63, 3.8) is 0 Å². The Balaban J connectivity index is 1.71. The van der Waals surface area contributed by atoms with Crippen molar-refractivity contribution in [2.24, 2.45) is 11.8 Å². The first kappa shape index (κ1) is 19.5. The highest BCUT2D eigenvalue weighted by molar-refractivity contribution is 5.79. The largest absolute Gasteiger partial charge is 0.497 e. The van der Waals surface area contributed by atoms with E-state index in [2.05, 4.69) is 43.3 Å². The van der Waals surface area contributed by atoms with Crippen molar-refractivity contribution in [1.29, 1.82) is 0 Å². The van der Waals surface area contributed by atoms with Crippen LogP contribution in [0, 0.1) is 25.7 Å². The Hall–Kier alpha value is -2.30. The van der Waals surface area contributed by atoms with Crippen molar-refractivity contribution in [1.82, 2.24) is 15.1 Å². The third-order valence-electron chi connectivity index (χ3n) is 5.29. The summed E-state index contributed by atoms with van der Waals surface area (Å²) < 4.78 is 7.28. The summed E-state index contributed by atoms with van der Waals surface area (Å²) in [7, 11) is 1.67. The number of nitrogens with one attached hydrogen (secondary N) is 1. The van der Waals surface area contributed by atoms with Crippen molar-refractivity contribution in [3.05, 3.63) is 46.8 Å². The van der Waals surface area contributed by atoms with Crippen LogP contribution in [0.15, 0.2) is 24.3 Å². The molecule has 1 atom stereocenters. The lowest BCUT2D eigenvalue weighted by Gasteiger charge is -2.19. The molecule has 1 saturated carbocycles. The number of methoxy groups -OCH3 is 1. The molecule has 1 aliphatic carbocycles. The van der Waals surface area contributed by atoms with Gasteiger partial charge in [0.1, 0.15) is 5.75 Å². The minimum atomic E-state index is 0.0676. The third kappa shape index (κ3) is 4.71. The van der Waals surface area contributed by atoms with E-state index in [1.54, 1.807) is 7.11 Å². The zero-order valence-corrected chi connectivity index (χ0v) is 17.1. The standard InChI is InChI=1S/C22H31N3O2/c1-14(2)13-25-16(4)20(15(3)24-25)12-21(26)23-22(17-6-7-17)18-8-10-19(27-5)11-9-18/h8-11,14,17,22H,6-7,12-13H2,1-5H3,(H,23,26)/t22-/m0/s1. The van der Waals surface area contributed by atoms with Crippen LogP contribution in [0.5, 0.6) is 5.75 Å². The summed E-state index contributed by atoms with van der Waals surface area (Å²) in [5, 5.41) is 7.90. The summed E-state index contributed by atoms with van der Waals surface area (Å²) in [5.74, 6) is 1.97. The molecule has 0 radical (unpaired) electrons. The monoisotopic (exact) mass is 369 g/mol. The van der Waals surface area contributed by atoms with E-state index in [0.29, 0.717) is 18.3 Å². The van der Waals surface area contributed by atoms with Gasteiger partial charge in [-0.25, -0.2) is 0 Å². The number of carbonyl (C=O) groups is 1. The molecule has 0 bridgehead atoms. The molecule has 5 heteroatoms. The molecule has 1 fully saturated rings. The van der Waals surface area contributed by atoms with Crippen molar-refractivity contribution in [2.75, 3.05) is 7.11 Å². The molecule has 146 valence electrons. The molecule has 1 aromatic heterocycles. The summed E-state index contributed by atoms with van der Waals surface area (Å²) in [6, 6.07) is 8.11. The summed E-state index contributed by atoms with van der Waals surface area (Å²) in [6.07, 6.45) is 2.72. The first-order chi connectivity index (χ1) is 12.9. The molecule has 0 spiro atoms. The molecule has 1 heterocycles. The van der Waals surface area contributed by atoms with Crippen LogP contribution >= 0.6 is 0 Å². The van der Waals surface area contributed by atoms with Gasteiger partial charge in [0.25, 0.3) is 0 Å². The van der Waals surface area contributed by atoms with E-state index >= 15 is 0 Å². The van der Waals surface area contributed by atoms with Crippen molar-refractivity contribution in [3.8, 4) is 5.75 Å². The van der Waals surface area contributed by atoms with E-state index in [1.807, 2.05) is 23.7 Å². The van der Waals surface area contributed by atoms with Gasteiger partial charge < -0.3 is 10.1 Å². The predicted octanol–water partition coefficient (Wildman–Crippen LogP) is 3.97. The molecule has 3 rings (SSSR count). The van der Waals surface area contributed by atoms with E-state index in [1.165, 1.54) is 12.8 Å². The Morgan fingerprint density at radius 1 is 1.26 bits per heavy atom. The van der Waals surface area contributed by atoms with Gasteiger partial charge in [-0.2, -0.15) is 5.10 Å². The van der Waals surface area contributed by atoms with Crippen LogP contribution in [0.3, 0.4) is 0 Å². The summed E-state index contributed by atoms with van der Waals surface area (Å²) in [6.45, 7) is 9.29. The molecule has 27 heavy (non-hydrogen) atoms. The quantitative estimate of drug-likeness (QED) is 0.766. The zero-order valence-electron chi connectivity index (χ0n) is 17.1. The fourth-order valence-electron chi connectivity index (χ4n) is 3.61. The Morgan fingerprint density at radius 2 is 1.93 bits per heavy atom. The molecule has 2 aromatic rings. The van der Waals surface area contributed by atoms with Crippen LogP contribution in [0.4, 0.5) is 0 Å². The SMILES string of the molecule is COc1ccc([C@@H](NC(=O)Cc2c(C)nn(CC(C)C)c2C)C2CC2)cc1. The summed E-state index contributed by atoms with van der Waals surface area (Å²) in [4.78, 5) is 12.8. The number of hydrogen-bond donors (Lipinski definition) is 1. The lowest BCUT2D eigenvalue weighted by Crippen LogP contribution is -2.31. The molecule has 1 amide bonds. The summed E-state index contributed by atoms with van der Waals surface area (Å²) >= 11 is 0. The zero-order chi connectivity index (χ0) is 19.6. The predicted molar refractivity (Wildman–Crippen MR) is 107 cm³/mol. The maximum absolute atomic E-state index is 12.8. The van der Waals surface area contributed by atoms with Gasteiger partial charge in [-0.1, -0.05) is 26.0 Å². The average molecular weight is 370 g/mol. The highest BCUT2D eigenvalue weighted by atomic mass is 16.5. The maximum Gasteiger partial charge on any atom is 0.225 e. The van der Waals surface area contributed by atoms with Crippen LogP contribution in [0.1, 0.15) is 55.2 Å². The number of nitrogens with zero attached hydrogens (tertiary/aromatic N) is 2. The highest BCUT2D eigenvalue weighted by Gasteiger charge is 2.33. The second kappa shape index (κ2) is 8.15. The van der Waals surface area contributed by atoms with Crippen LogP contribution in [0.2, 0.25) is 0 Å². The Labute approximate surface area is 162 Å². The van der Waals surface area contributed by atoms with E-state index in [0.717, 1.165) is 34.8 Å². The van der Waals surface area contributed by atoms with Crippen molar-refractivity contribution < 1.29 is 9.53 Å². The third-order valence-corrected chi connectivity index (χ3v) is 5.29. The smallest absolute Gasteiger partial charge is 0.225 e. The Bertz CT molecular complexity index is 789. The van der Waals surface area contributed by atoms with Crippen LogP contribution in [-0.4, -0.2) is 22.8 Å².